The van der Waals surface area contributed by atoms with E-state index >= 15 is 0 Å². The normalized spacial score (nSPS) is 22.0. The highest BCUT2D eigenvalue weighted by atomic mass is 16.5. The summed E-state index contributed by atoms with van der Waals surface area (Å²) in [5, 5.41) is 3.39. The molecule has 1 aromatic heterocycles. The number of Topliss-reactive ketones (excluding diaryl/α,β-unsaturated/α-hetero) is 1. The molecule has 1 aliphatic heterocycles. The third-order valence-electron chi connectivity index (χ3n) is 6.22. The SMILES string of the molecule is CC[C@H](C)OC(=O)C1=C(C)NC2=C(C(=O)C[C@H](c3ccccc3)C2)[C@@H]1c1cccnc1. The van der Waals surface area contributed by atoms with Crippen molar-refractivity contribution >= 4 is 11.8 Å². The summed E-state index contributed by atoms with van der Waals surface area (Å²) in [4.78, 5) is 30.9. The van der Waals surface area contributed by atoms with E-state index in [1.54, 1.807) is 12.4 Å². The van der Waals surface area contributed by atoms with Crippen molar-refractivity contribution in [1.82, 2.24) is 10.3 Å². The molecule has 0 bridgehead atoms. The van der Waals surface area contributed by atoms with Crippen LogP contribution in [0.1, 0.15) is 63.0 Å². The van der Waals surface area contributed by atoms with Crippen molar-refractivity contribution in [2.24, 2.45) is 0 Å². The van der Waals surface area contributed by atoms with Gasteiger partial charge in [0.15, 0.2) is 5.78 Å². The van der Waals surface area contributed by atoms with Gasteiger partial charge in [-0.25, -0.2) is 4.79 Å². The summed E-state index contributed by atoms with van der Waals surface area (Å²) < 4.78 is 5.68. The van der Waals surface area contributed by atoms with E-state index in [-0.39, 0.29) is 23.8 Å². The second kappa shape index (κ2) is 8.88. The molecule has 160 valence electrons. The van der Waals surface area contributed by atoms with Crippen molar-refractivity contribution in [3.8, 4) is 0 Å². The minimum atomic E-state index is -0.467. The van der Waals surface area contributed by atoms with Crippen molar-refractivity contribution in [1.29, 1.82) is 0 Å². The van der Waals surface area contributed by atoms with Gasteiger partial charge in [0, 0.05) is 41.7 Å². The van der Waals surface area contributed by atoms with E-state index in [2.05, 4.69) is 22.4 Å². The van der Waals surface area contributed by atoms with Gasteiger partial charge in [-0.1, -0.05) is 43.3 Å². The Morgan fingerprint density at radius 3 is 2.58 bits per heavy atom. The Bertz CT molecular complexity index is 1040. The predicted octanol–water partition coefficient (Wildman–Crippen LogP) is 4.78. The number of carbonyl (C=O) groups excluding carboxylic acids is 2. The number of benzene rings is 1. The maximum absolute atomic E-state index is 13.5. The van der Waals surface area contributed by atoms with Crippen LogP contribution in [0.2, 0.25) is 0 Å². The van der Waals surface area contributed by atoms with Crippen molar-refractivity contribution in [2.45, 2.75) is 58.0 Å². The van der Waals surface area contributed by atoms with Gasteiger partial charge in [0.2, 0.25) is 0 Å². The van der Waals surface area contributed by atoms with Crippen LogP contribution in [-0.2, 0) is 14.3 Å². The molecule has 0 spiro atoms. The number of pyridine rings is 1. The first-order valence-corrected chi connectivity index (χ1v) is 10.9. The Kier molecular flexibility index (Phi) is 6.03. The number of hydrogen-bond donors (Lipinski definition) is 1. The molecule has 0 saturated heterocycles. The molecule has 1 N–H and O–H groups in total. The summed E-state index contributed by atoms with van der Waals surface area (Å²) in [7, 11) is 0. The van der Waals surface area contributed by atoms with Crippen LogP contribution < -0.4 is 5.32 Å². The van der Waals surface area contributed by atoms with Gasteiger partial charge in [-0.3, -0.25) is 9.78 Å². The number of nitrogens with one attached hydrogen (secondary N) is 1. The molecular weight excluding hydrogens is 388 g/mol. The van der Waals surface area contributed by atoms with Gasteiger partial charge in [-0.05, 0) is 49.8 Å². The Morgan fingerprint density at radius 1 is 1.16 bits per heavy atom. The summed E-state index contributed by atoms with van der Waals surface area (Å²) in [5.74, 6) is -0.655. The second-order valence-electron chi connectivity index (χ2n) is 8.34. The molecule has 1 aromatic carbocycles. The van der Waals surface area contributed by atoms with Gasteiger partial charge in [0.05, 0.1) is 11.7 Å². The highest BCUT2D eigenvalue weighted by Crippen LogP contribution is 2.45. The largest absolute Gasteiger partial charge is 0.459 e. The molecule has 3 atom stereocenters. The van der Waals surface area contributed by atoms with E-state index in [0.29, 0.717) is 17.6 Å². The average Bonchev–Trinajstić information content (AvgIpc) is 2.79. The molecule has 0 amide bonds. The maximum Gasteiger partial charge on any atom is 0.337 e. The van der Waals surface area contributed by atoms with Crippen LogP contribution in [0, 0.1) is 0 Å². The third kappa shape index (κ3) is 4.18. The summed E-state index contributed by atoms with van der Waals surface area (Å²) in [6, 6.07) is 13.9. The Labute approximate surface area is 183 Å². The zero-order valence-electron chi connectivity index (χ0n) is 18.2. The highest BCUT2D eigenvalue weighted by molar-refractivity contribution is 6.04. The van der Waals surface area contributed by atoms with Crippen LogP contribution in [0.25, 0.3) is 0 Å². The number of nitrogens with zero attached hydrogens (tertiary/aromatic N) is 1. The number of esters is 1. The van der Waals surface area contributed by atoms with Gasteiger partial charge in [-0.15, -0.1) is 0 Å². The molecule has 0 radical (unpaired) electrons. The van der Waals surface area contributed by atoms with Crippen LogP contribution in [-0.4, -0.2) is 22.8 Å². The lowest BCUT2D eigenvalue weighted by atomic mass is 9.72. The molecule has 0 unspecified atom stereocenters. The van der Waals surface area contributed by atoms with Crippen LogP contribution in [0.15, 0.2) is 77.4 Å². The number of aromatic nitrogens is 1. The summed E-state index contributed by atoms with van der Waals surface area (Å²) in [6.07, 6.45) is 5.13. The second-order valence-corrected chi connectivity index (χ2v) is 8.34. The Balaban J connectivity index is 1.76. The zero-order valence-corrected chi connectivity index (χ0v) is 18.2. The lowest BCUT2D eigenvalue weighted by molar-refractivity contribution is -0.144. The first-order valence-electron chi connectivity index (χ1n) is 10.9. The maximum atomic E-state index is 13.5. The Hall–Kier alpha value is -3.21. The summed E-state index contributed by atoms with van der Waals surface area (Å²) in [6.45, 7) is 5.74. The number of ketones is 1. The van der Waals surface area contributed by atoms with Crippen molar-refractivity contribution in [3.05, 3.63) is 88.5 Å². The number of dihydropyridines is 1. The van der Waals surface area contributed by atoms with E-state index in [0.717, 1.165) is 35.4 Å². The van der Waals surface area contributed by atoms with Gasteiger partial charge in [0.1, 0.15) is 0 Å². The number of ether oxygens (including phenoxy) is 1. The first-order chi connectivity index (χ1) is 15.0. The molecular formula is C26H28N2O3. The first kappa shape index (κ1) is 21.0. The molecule has 4 rings (SSSR count). The van der Waals surface area contributed by atoms with Gasteiger partial charge in [-0.2, -0.15) is 0 Å². The van der Waals surface area contributed by atoms with Crippen LogP contribution >= 0.6 is 0 Å². The monoisotopic (exact) mass is 416 g/mol. The molecule has 31 heavy (non-hydrogen) atoms. The lowest BCUT2D eigenvalue weighted by Crippen LogP contribution is -2.36. The van der Waals surface area contributed by atoms with Crippen molar-refractivity contribution in [2.75, 3.05) is 0 Å². The minimum Gasteiger partial charge on any atom is -0.459 e. The molecule has 0 fully saturated rings. The van der Waals surface area contributed by atoms with E-state index in [1.165, 1.54) is 0 Å². The van der Waals surface area contributed by atoms with Gasteiger partial charge in [0.25, 0.3) is 0 Å². The molecule has 0 saturated carbocycles. The fourth-order valence-corrected chi connectivity index (χ4v) is 4.48. The third-order valence-corrected chi connectivity index (χ3v) is 6.22. The van der Waals surface area contributed by atoms with Crippen LogP contribution in [0.3, 0.4) is 0 Å². The fraction of sp³-hybridized carbons (Fsp3) is 0.346. The lowest BCUT2D eigenvalue weighted by Gasteiger charge is -2.36. The molecule has 2 aliphatic rings. The predicted molar refractivity (Wildman–Crippen MR) is 119 cm³/mol. The molecule has 2 aromatic rings. The number of carbonyl (C=O) groups is 2. The Morgan fingerprint density at radius 2 is 1.90 bits per heavy atom. The van der Waals surface area contributed by atoms with E-state index in [4.69, 9.17) is 4.74 Å². The van der Waals surface area contributed by atoms with Crippen molar-refractivity contribution < 1.29 is 14.3 Å². The van der Waals surface area contributed by atoms with Gasteiger partial charge >= 0.3 is 5.97 Å². The van der Waals surface area contributed by atoms with E-state index in [1.807, 2.05) is 51.1 Å². The van der Waals surface area contributed by atoms with Crippen LogP contribution in [0.4, 0.5) is 0 Å². The molecule has 2 heterocycles. The summed E-state index contributed by atoms with van der Waals surface area (Å²) >= 11 is 0. The minimum absolute atomic E-state index is 0.0674. The fourth-order valence-electron chi connectivity index (χ4n) is 4.48. The topological polar surface area (TPSA) is 68.3 Å². The summed E-state index contributed by atoms with van der Waals surface area (Å²) in [5.41, 5.74) is 4.80. The van der Waals surface area contributed by atoms with E-state index in [9.17, 15) is 9.59 Å². The smallest absolute Gasteiger partial charge is 0.337 e. The quantitative estimate of drug-likeness (QED) is 0.710. The van der Waals surface area contributed by atoms with Crippen LogP contribution in [0.5, 0.6) is 0 Å². The number of hydrogen-bond acceptors (Lipinski definition) is 5. The zero-order chi connectivity index (χ0) is 22.0. The highest BCUT2D eigenvalue weighted by Gasteiger charge is 2.41. The molecule has 5 heteroatoms. The molecule has 1 aliphatic carbocycles. The van der Waals surface area contributed by atoms with Gasteiger partial charge < -0.3 is 10.1 Å². The standard InChI is InChI=1S/C26H28N2O3/c1-4-16(2)31-26(30)23-17(3)28-21-13-20(18-9-6-5-7-10-18)14-22(29)25(21)24(23)19-11-8-12-27-15-19/h5-12,15-16,20,24,28H,4,13-14H2,1-3H3/t16-,20+,24+/m0/s1. The number of rotatable bonds is 5. The molecule has 5 nitrogen and oxygen atoms in total. The van der Waals surface area contributed by atoms with E-state index < -0.39 is 5.92 Å². The number of allylic oxidation sites excluding steroid dienone is 3. The average molecular weight is 417 g/mol. The van der Waals surface area contributed by atoms with Crippen molar-refractivity contribution in [3.63, 3.8) is 0 Å².